The van der Waals surface area contributed by atoms with Crippen molar-refractivity contribution in [3.05, 3.63) is 0 Å². The summed E-state index contributed by atoms with van der Waals surface area (Å²) in [5.74, 6) is 0.803. The second kappa shape index (κ2) is 5.33. The van der Waals surface area contributed by atoms with E-state index in [-0.39, 0.29) is 0 Å². The fraction of sp³-hybridized carbons (Fsp3) is 0.917. The highest BCUT2D eigenvalue weighted by Gasteiger charge is 2.33. The molecule has 0 unspecified atom stereocenters. The molecule has 2 fully saturated rings. The summed E-state index contributed by atoms with van der Waals surface area (Å²) < 4.78 is 0. The molecule has 0 saturated heterocycles. The number of alkyl halides is 1. The lowest BCUT2D eigenvalue weighted by molar-refractivity contribution is -0.140. The lowest BCUT2D eigenvalue weighted by Crippen LogP contribution is -2.45. The Morgan fingerprint density at radius 1 is 1.13 bits per heavy atom. The number of hydrogen-bond acceptors (Lipinski definition) is 1. The van der Waals surface area contributed by atoms with Crippen molar-refractivity contribution in [3.8, 4) is 0 Å². The Balaban J connectivity index is 1.94. The highest BCUT2D eigenvalue weighted by molar-refractivity contribution is 9.09. The van der Waals surface area contributed by atoms with Gasteiger partial charge in [-0.2, -0.15) is 0 Å². The zero-order valence-electron chi connectivity index (χ0n) is 9.25. The number of carbonyl (C=O) groups excluding carboxylic acids is 1. The SMILES string of the molecule is O=C(C1CCC1)N(CCBr)C1CCCC1. The number of carbonyl (C=O) groups is 1. The summed E-state index contributed by atoms with van der Waals surface area (Å²) >= 11 is 3.46. The summed E-state index contributed by atoms with van der Waals surface area (Å²) in [5, 5.41) is 0.919. The number of nitrogens with zero attached hydrogens (tertiary/aromatic N) is 1. The molecule has 0 aliphatic heterocycles. The first-order valence-corrected chi connectivity index (χ1v) is 7.31. The van der Waals surface area contributed by atoms with Crippen molar-refractivity contribution >= 4 is 21.8 Å². The van der Waals surface area contributed by atoms with Gasteiger partial charge in [-0.3, -0.25) is 4.79 Å². The van der Waals surface area contributed by atoms with Crippen LogP contribution in [0, 0.1) is 5.92 Å². The normalized spacial score (nSPS) is 22.7. The second-order valence-corrected chi connectivity index (χ2v) is 5.58. The van der Waals surface area contributed by atoms with Gasteiger partial charge in [-0.1, -0.05) is 35.2 Å². The third kappa shape index (κ3) is 2.55. The fourth-order valence-electron chi connectivity index (χ4n) is 2.67. The molecule has 0 aromatic rings. The van der Waals surface area contributed by atoms with E-state index in [4.69, 9.17) is 0 Å². The molecule has 2 aliphatic rings. The van der Waals surface area contributed by atoms with Crippen LogP contribution in [-0.2, 0) is 4.79 Å². The third-order valence-corrected chi connectivity index (χ3v) is 4.18. The number of amides is 1. The van der Waals surface area contributed by atoms with Gasteiger partial charge in [0.15, 0.2) is 0 Å². The van der Waals surface area contributed by atoms with Crippen LogP contribution in [0.15, 0.2) is 0 Å². The average molecular weight is 274 g/mol. The molecule has 0 N–H and O–H groups in total. The maximum atomic E-state index is 12.2. The highest BCUT2D eigenvalue weighted by atomic mass is 79.9. The van der Waals surface area contributed by atoms with Gasteiger partial charge < -0.3 is 4.90 Å². The van der Waals surface area contributed by atoms with Crippen LogP contribution >= 0.6 is 15.9 Å². The van der Waals surface area contributed by atoms with E-state index < -0.39 is 0 Å². The van der Waals surface area contributed by atoms with Gasteiger partial charge in [0, 0.05) is 23.8 Å². The van der Waals surface area contributed by atoms with E-state index in [0.717, 1.165) is 24.7 Å². The minimum atomic E-state index is 0.365. The number of rotatable bonds is 4. The molecular weight excluding hydrogens is 254 g/mol. The first-order valence-electron chi connectivity index (χ1n) is 6.19. The zero-order valence-corrected chi connectivity index (χ0v) is 10.8. The van der Waals surface area contributed by atoms with Crippen molar-refractivity contribution in [2.45, 2.75) is 51.0 Å². The Morgan fingerprint density at radius 3 is 2.27 bits per heavy atom. The lowest BCUT2D eigenvalue weighted by atomic mass is 9.84. The summed E-state index contributed by atoms with van der Waals surface area (Å²) in [6.45, 7) is 0.903. The van der Waals surface area contributed by atoms with Crippen LogP contribution in [0.25, 0.3) is 0 Å². The van der Waals surface area contributed by atoms with Crippen molar-refractivity contribution in [1.82, 2.24) is 4.90 Å². The summed E-state index contributed by atoms with van der Waals surface area (Å²) in [6, 6.07) is 0.552. The molecule has 1 amide bonds. The van der Waals surface area contributed by atoms with Gasteiger partial charge in [0.2, 0.25) is 5.91 Å². The van der Waals surface area contributed by atoms with Gasteiger partial charge in [0.25, 0.3) is 0 Å². The van der Waals surface area contributed by atoms with Crippen LogP contribution < -0.4 is 0 Å². The molecule has 2 rings (SSSR count). The molecule has 0 spiro atoms. The molecule has 0 bridgehead atoms. The van der Waals surface area contributed by atoms with Crippen molar-refractivity contribution < 1.29 is 4.79 Å². The molecule has 2 saturated carbocycles. The van der Waals surface area contributed by atoms with Crippen molar-refractivity contribution in [2.24, 2.45) is 5.92 Å². The van der Waals surface area contributed by atoms with Gasteiger partial charge in [-0.05, 0) is 25.7 Å². The monoisotopic (exact) mass is 273 g/mol. The largest absolute Gasteiger partial charge is 0.339 e. The molecule has 3 heteroatoms. The van der Waals surface area contributed by atoms with E-state index in [0.29, 0.717) is 17.9 Å². The van der Waals surface area contributed by atoms with Crippen molar-refractivity contribution in [3.63, 3.8) is 0 Å². The van der Waals surface area contributed by atoms with E-state index in [9.17, 15) is 4.79 Å². The Labute approximate surface area is 101 Å². The molecule has 86 valence electrons. The van der Waals surface area contributed by atoms with Crippen LogP contribution in [0.3, 0.4) is 0 Å². The maximum Gasteiger partial charge on any atom is 0.225 e. The Kier molecular flexibility index (Phi) is 4.06. The van der Waals surface area contributed by atoms with Gasteiger partial charge in [0.1, 0.15) is 0 Å². The fourth-order valence-corrected chi connectivity index (χ4v) is 3.05. The molecule has 0 atom stereocenters. The van der Waals surface area contributed by atoms with Crippen molar-refractivity contribution in [1.29, 1.82) is 0 Å². The van der Waals surface area contributed by atoms with Crippen LogP contribution in [0.5, 0.6) is 0 Å². The molecule has 2 aliphatic carbocycles. The smallest absolute Gasteiger partial charge is 0.225 e. The Hall–Kier alpha value is -0.0500. The summed E-state index contributed by atoms with van der Waals surface area (Å²) in [6.07, 6.45) is 8.58. The Morgan fingerprint density at radius 2 is 1.80 bits per heavy atom. The second-order valence-electron chi connectivity index (χ2n) is 4.79. The van der Waals surface area contributed by atoms with E-state index in [1.165, 1.54) is 32.1 Å². The van der Waals surface area contributed by atoms with Crippen LogP contribution in [0.1, 0.15) is 44.9 Å². The summed E-state index contributed by atoms with van der Waals surface area (Å²) in [4.78, 5) is 14.4. The lowest BCUT2D eigenvalue weighted by Gasteiger charge is -2.35. The minimum Gasteiger partial charge on any atom is -0.339 e. The first-order chi connectivity index (χ1) is 7.33. The van der Waals surface area contributed by atoms with Crippen molar-refractivity contribution in [2.75, 3.05) is 11.9 Å². The molecule has 0 radical (unpaired) electrons. The predicted octanol–water partition coefficient (Wildman–Crippen LogP) is 2.95. The molecular formula is C12H20BrNO. The summed E-state index contributed by atoms with van der Waals surface area (Å²) in [5.41, 5.74) is 0. The molecule has 0 aromatic heterocycles. The van der Waals surface area contributed by atoms with Gasteiger partial charge in [0.05, 0.1) is 0 Å². The van der Waals surface area contributed by atoms with E-state index in [2.05, 4.69) is 20.8 Å². The van der Waals surface area contributed by atoms with E-state index in [1.54, 1.807) is 0 Å². The first kappa shape index (κ1) is 11.4. The minimum absolute atomic E-state index is 0.365. The summed E-state index contributed by atoms with van der Waals surface area (Å²) in [7, 11) is 0. The van der Waals surface area contributed by atoms with Gasteiger partial charge in [-0.15, -0.1) is 0 Å². The van der Waals surface area contributed by atoms with E-state index >= 15 is 0 Å². The standard InChI is InChI=1S/C12H20BrNO/c13-8-9-14(11-6-1-2-7-11)12(15)10-4-3-5-10/h10-11H,1-9H2. The zero-order chi connectivity index (χ0) is 10.7. The molecule has 0 aromatic carbocycles. The van der Waals surface area contributed by atoms with Crippen LogP contribution in [0.4, 0.5) is 0 Å². The quantitative estimate of drug-likeness (QED) is 0.722. The predicted molar refractivity (Wildman–Crippen MR) is 65.1 cm³/mol. The molecule has 15 heavy (non-hydrogen) atoms. The number of halogens is 1. The highest BCUT2D eigenvalue weighted by Crippen LogP contribution is 2.31. The van der Waals surface area contributed by atoms with E-state index in [1.807, 2.05) is 0 Å². The topological polar surface area (TPSA) is 20.3 Å². The third-order valence-electron chi connectivity index (χ3n) is 3.83. The molecule has 2 nitrogen and oxygen atoms in total. The van der Waals surface area contributed by atoms with Crippen LogP contribution in [0.2, 0.25) is 0 Å². The average Bonchev–Trinajstić information content (AvgIpc) is 2.63. The molecule has 0 heterocycles. The Bertz CT molecular complexity index is 222. The number of hydrogen-bond donors (Lipinski definition) is 0. The van der Waals surface area contributed by atoms with Gasteiger partial charge >= 0.3 is 0 Å². The van der Waals surface area contributed by atoms with Crippen LogP contribution in [-0.4, -0.2) is 28.7 Å². The van der Waals surface area contributed by atoms with Gasteiger partial charge in [-0.25, -0.2) is 0 Å². The maximum absolute atomic E-state index is 12.2.